The third-order valence-electron chi connectivity index (χ3n) is 13.4. The molecule has 4 heterocycles. The molecule has 0 aliphatic heterocycles. The molecule has 0 amide bonds. The van der Waals surface area contributed by atoms with E-state index in [9.17, 15) is 0 Å². The van der Waals surface area contributed by atoms with E-state index in [0.29, 0.717) is 35.1 Å². The van der Waals surface area contributed by atoms with E-state index in [2.05, 4.69) is 149 Å². The first-order chi connectivity index (χ1) is 34.7. The van der Waals surface area contributed by atoms with Crippen molar-refractivity contribution in [1.29, 1.82) is 0 Å². The van der Waals surface area contributed by atoms with E-state index < -0.39 is 0 Å². The quantitative estimate of drug-likeness (QED) is 0.148. The topological polar surface area (TPSA) is 87.2 Å². The second kappa shape index (κ2) is 16.0. The van der Waals surface area contributed by atoms with Gasteiger partial charge in [-0.05, 0) is 64.0 Å². The summed E-state index contributed by atoms with van der Waals surface area (Å²) in [6.07, 6.45) is 0. The number of nitrogens with zero attached hydrogens (tertiary/aromatic N) is 8. The van der Waals surface area contributed by atoms with Crippen molar-refractivity contribution < 1.29 is 0 Å². The Hall–Kier alpha value is -9.66. The second-order valence-electron chi connectivity index (χ2n) is 17.5. The van der Waals surface area contributed by atoms with Gasteiger partial charge in [-0.25, -0.2) is 19.9 Å². The van der Waals surface area contributed by atoms with Gasteiger partial charge in [0.15, 0.2) is 29.1 Å². The van der Waals surface area contributed by atoms with Crippen molar-refractivity contribution in [1.82, 2.24) is 39.0 Å². The highest BCUT2D eigenvalue weighted by Gasteiger charge is 2.24. The Kier molecular flexibility index (Phi) is 9.03. The molecule has 8 heteroatoms. The number of benzene rings is 10. The van der Waals surface area contributed by atoms with E-state index in [4.69, 9.17) is 29.9 Å². The van der Waals surface area contributed by atoms with Crippen LogP contribution in [-0.2, 0) is 0 Å². The highest BCUT2D eigenvalue weighted by molar-refractivity contribution is 6.23. The normalized spacial score (nSPS) is 11.7. The molecule has 0 saturated heterocycles. The van der Waals surface area contributed by atoms with E-state index in [1.54, 1.807) is 0 Å². The molecule has 14 aromatic rings. The van der Waals surface area contributed by atoms with Crippen molar-refractivity contribution >= 4 is 65.2 Å². The maximum atomic E-state index is 5.28. The van der Waals surface area contributed by atoms with Crippen LogP contribution in [0.15, 0.2) is 231 Å². The fraction of sp³-hybridized carbons (Fsp3) is 0. The van der Waals surface area contributed by atoms with Crippen molar-refractivity contribution in [2.45, 2.75) is 0 Å². The Labute approximate surface area is 401 Å². The van der Waals surface area contributed by atoms with Gasteiger partial charge < -0.3 is 4.57 Å². The van der Waals surface area contributed by atoms with Crippen LogP contribution in [0.3, 0.4) is 0 Å². The van der Waals surface area contributed by atoms with Crippen LogP contribution >= 0.6 is 0 Å². The van der Waals surface area contributed by atoms with Gasteiger partial charge in [-0.3, -0.25) is 4.57 Å². The number of para-hydroxylation sites is 2. The van der Waals surface area contributed by atoms with Crippen LogP contribution in [0.25, 0.3) is 134 Å². The van der Waals surface area contributed by atoms with Crippen LogP contribution < -0.4 is 0 Å². The first kappa shape index (κ1) is 39.5. The summed E-state index contributed by atoms with van der Waals surface area (Å²) in [7, 11) is 0. The summed E-state index contributed by atoms with van der Waals surface area (Å²) in [5.74, 6) is 3.57. The minimum absolute atomic E-state index is 0.540. The first-order valence-corrected chi connectivity index (χ1v) is 23.4. The molecule has 0 aliphatic carbocycles. The molecule has 0 fully saturated rings. The second-order valence-corrected chi connectivity index (χ2v) is 17.5. The summed E-state index contributed by atoms with van der Waals surface area (Å²) in [6, 6.07) is 80.0. The monoisotopic (exact) mass is 894 g/mol. The lowest BCUT2D eigenvalue weighted by Crippen LogP contribution is -2.07. The van der Waals surface area contributed by atoms with E-state index >= 15 is 0 Å². The SMILES string of the molecule is c1ccc(-c2nc(-c3ccc(-n4c5ccccc5c5ccc6c7ccccc7n(-c7nc(-c8ccccc8)nc(-c8ccccc8)n7)c6c54)cc3)nc(-c3ccc4ccc5ccccc5c4c3)n2)cc1. The molecule has 326 valence electrons. The molecule has 0 aliphatic rings. The molecule has 8 nitrogen and oxygen atoms in total. The predicted octanol–water partition coefficient (Wildman–Crippen LogP) is 14.9. The van der Waals surface area contributed by atoms with Crippen LogP contribution in [0.5, 0.6) is 0 Å². The first-order valence-electron chi connectivity index (χ1n) is 23.4. The molecule has 0 unspecified atom stereocenters. The van der Waals surface area contributed by atoms with Gasteiger partial charge in [0.1, 0.15) is 0 Å². The molecule has 0 N–H and O–H groups in total. The summed E-state index contributed by atoms with van der Waals surface area (Å²) in [4.78, 5) is 31.0. The van der Waals surface area contributed by atoms with Gasteiger partial charge in [0.25, 0.3) is 0 Å². The molecule has 0 spiro atoms. The molecule has 4 aromatic heterocycles. The summed E-state index contributed by atoms with van der Waals surface area (Å²) in [5, 5.41) is 9.18. The van der Waals surface area contributed by atoms with Crippen LogP contribution in [-0.4, -0.2) is 39.0 Å². The smallest absolute Gasteiger partial charge is 0.238 e. The van der Waals surface area contributed by atoms with Crippen molar-refractivity contribution in [3.8, 4) is 68.6 Å². The molecule has 14 rings (SSSR count). The van der Waals surface area contributed by atoms with E-state index in [-0.39, 0.29) is 0 Å². The van der Waals surface area contributed by atoms with Crippen LogP contribution in [0, 0.1) is 0 Å². The zero-order chi connectivity index (χ0) is 46.1. The number of aromatic nitrogens is 8. The van der Waals surface area contributed by atoms with Gasteiger partial charge in [0, 0.05) is 55.0 Å². The average Bonchev–Trinajstić information content (AvgIpc) is 3.96. The summed E-state index contributed by atoms with van der Waals surface area (Å²) in [5.41, 5.74) is 9.67. The minimum Gasteiger partial charge on any atom is -0.307 e. The third kappa shape index (κ3) is 6.46. The number of rotatable bonds is 7. The molecule has 10 aromatic carbocycles. The molecule has 70 heavy (non-hydrogen) atoms. The van der Waals surface area contributed by atoms with Crippen molar-refractivity contribution in [3.05, 3.63) is 231 Å². The molecule has 0 saturated carbocycles. The zero-order valence-corrected chi connectivity index (χ0v) is 37.5. The molecule has 0 radical (unpaired) electrons. The fourth-order valence-electron chi connectivity index (χ4n) is 10.1. The Balaban J connectivity index is 0.977. The largest absolute Gasteiger partial charge is 0.307 e. The third-order valence-corrected chi connectivity index (χ3v) is 13.4. The Bertz CT molecular complexity index is 4280. The Morgan fingerprint density at radius 3 is 1.19 bits per heavy atom. The summed E-state index contributed by atoms with van der Waals surface area (Å²) < 4.78 is 4.60. The Morgan fingerprint density at radius 1 is 0.243 bits per heavy atom. The standard InChI is InChI=1S/C62H38N8/c1-4-17-41(18-5-1)57-63-58(65-61(64-57)45-31-30-40-29-28-39-16-10-11-23-47(39)52(40)38-45)44-32-34-46(35-33-44)69-53-26-14-12-24-48(53)50-36-37-51-49-25-13-15-27-54(49)70(56(51)55(50)69)62-67-59(42-19-6-2-7-20-42)66-60(68-62)43-21-8-3-9-22-43/h1-38H. The van der Waals surface area contributed by atoms with Crippen molar-refractivity contribution in [2.75, 3.05) is 0 Å². The van der Waals surface area contributed by atoms with Gasteiger partial charge in [0.05, 0.1) is 22.1 Å². The lowest BCUT2D eigenvalue weighted by atomic mass is 10.00. The van der Waals surface area contributed by atoms with Gasteiger partial charge in [-0.15, -0.1) is 0 Å². The lowest BCUT2D eigenvalue weighted by molar-refractivity contribution is 0.953. The molecule has 0 atom stereocenters. The lowest BCUT2D eigenvalue weighted by Gasteiger charge is -2.14. The van der Waals surface area contributed by atoms with Crippen LogP contribution in [0.4, 0.5) is 0 Å². The maximum absolute atomic E-state index is 5.28. The molecular formula is C62H38N8. The van der Waals surface area contributed by atoms with Gasteiger partial charge in [0.2, 0.25) is 5.95 Å². The highest BCUT2D eigenvalue weighted by atomic mass is 15.2. The van der Waals surface area contributed by atoms with Crippen LogP contribution in [0.2, 0.25) is 0 Å². The minimum atomic E-state index is 0.540. The summed E-state index contributed by atoms with van der Waals surface area (Å²) >= 11 is 0. The molecular weight excluding hydrogens is 857 g/mol. The van der Waals surface area contributed by atoms with Crippen molar-refractivity contribution in [2.24, 2.45) is 0 Å². The predicted molar refractivity (Wildman–Crippen MR) is 284 cm³/mol. The number of fused-ring (bicyclic) bond motifs is 10. The van der Waals surface area contributed by atoms with Gasteiger partial charge in [-0.2, -0.15) is 9.97 Å². The maximum Gasteiger partial charge on any atom is 0.238 e. The van der Waals surface area contributed by atoms with Gasteiger partial charge >= 0.3 is 0 Å². The number of hydrogen-bond donors (Lipinski definition) is 0. The highest BCUT2D eigenvalue weighted by Crippen LogP contribution is 2.42. The summed E-state index contributed by atoms with van der Waals surface area (Å²) in [6.45, 7) is 0. The zero-order valence-electron chi connectivity index (χ0n) is 37.5. The Morgan fingerprint density at radius 2 is 0.629 bits per heavy atom. The van der Waals surface area contributed by atoms with E-state index in [0.717, 1.165) is 82.5 Å². The van der Waals surface area contributed by atoms with Crippen LogP contribution in [0.1, 0.15) is 0 Å². The van der Waals surface area contributed by atoms with E-state index in [1.807, 2.05) is 91.0 Å². The van der Waals surface area contributed by atoms with Gasteiger partial charge in [-0.1, -0.05) is 188 Å². The number of hydrogen-bond acceptors (Lipinski definition) is 6. The van der Waals surface area contributed by atoms with Crippen molar-refractivity contribution in [3.63, 3.8) is 0 Å². The molecule has 0 bridgehead atoms. The fourth-order valence-corrected chi connectivity index (χ4v) is 10.1. The average molecular weight is 895 g/mol. The van der Waals surface area contributed by atoms with E-state index in [1.165, 1.54) is 16.2 Å².